The van der Waals surface area contributed by atoms with E-state index in [0.717, 1.165) is 25.1 Å². The fourth-order valence-electron chi connectivity index (χ4n) is 2.64. The average molecular weight is 320 g/mol. The summed E-state index contributed by atoms with van der Waals surface area (Å²) in [7, 11) is 0. The van der Waals surface area contributed by atoms with Crippen molar-refractivity contribution in [2.45, 2.75) is 33.6 Å². The lowest BCUT2D eigenvalue weighted by Gasteiger charge is -2.33. The number of carbonyl (C=O) groups excluding carboxylic acids is 1. The van der Waals surface area contributed by atoms with E-state index in [2.05, 4.69) is 36.2 Å². The van der Waals surface area contributed by atoms with Crippen LogP contribution in [0.1, 0.15) is 30.9 Å². The number of anilines is 1. The van der Waals surface area contributed by atoms with E-state index in [-0.39, 0.29) is 11.9 Å². The van der Waals surface area contributed by atoms with Crippen LogP contribution in [0.15, 0.2) is 18.2 Å². The lowest BCUT2D eigenvalue weighted by atomic mass is 9.98. The van der Waals surface area contributed by atoms with E-state index in [0.29, 0.717) is 18.3 Å². The van der Waals surface area contributed by atoms with Crippen molar-refractivity contribution in [1.29, 1.82) is 0 Å². The van der Waals surface area contributed by atoms with Crippen molar-refractivity contribution in [3.05, 3.63) is 29.3 Å². The molecule has 0 bridgehead atoms. The molecule has 1 aromatic carbocycles. The number of likely N-dealkylation sites (tertiary alicyclic amines) is 1. The predicted octanol–water partition coefficient (Wildman–Crippen LogP) is 3.28. The highest BCUT2D eigenvalue weighted by atomic mass is 32.1. The highest BCUT2D eigenvalue weighted by Gasteiger charge is 2.28. The number of carbonyl (C=O) groups is 1. The van der Waals surface area contributed by atoms with Gasteiger partial charge in [0.2, 0.25) is 0 Å². The molecule has 1 N–H and O–H groups in total. The number of hydrogen-bond acceptors (Lipinski definition) is 3. The molecule has 120 valence electrons. The number of rotatable bonds is 3. The van der Waals surface area contributed by atoms with Gasteiger partial charge in [-0.1, -0.05) is 6.07 Å². The summed E-state index contributed by atoms with van der Waals surface area (Å²) in [6, 6.07) is 6.20. The molecule has 1 aliphatic heterocycles. The Hall–Kier alpha value is -1.62. The monoisotopic (exact) mass is 320 g/mol. The van der Waals surface area contributed by atoms with Crippen LogP contribution in [-0.2, 0) is 9.53 Å². The van der Waals surface area contributed by atoms with E-state index >= 15 is 0 Å². The van der Waals surface area contributed by atoms with Crippen LogP contribution < -0.4 is 5.32 Å². The van der Waals surface area contributed by atoms with Gasteiger partial charge in [0.15, 0.2) is 5.11 Å². The second-order valence-electron chi connectivity index (χ2n) is 5.77. The first kappa shape index (κ1) is 16.7. The Balaban J connectivity index is 1.96. The highest BCUT2D eigenvalue weighted by Crippen LogP contribution is 2.20. The lowest BCUT2D eigenvalue weighted by molar-refractivity contribution is -0.149. The third-order valence-electron chi connectivity index (χ3n) is 4.09. The molecule has 1 aliphatic rings. The van der Waals surface area contributed by atoms with Crippen molar-refractivity contribution in [3.8, 4) is 0 Å². The molecule has 0 spiro atoms. The van der Waals surface area contributed by atoms with Crippen LogP contribution in [0.25, 0.3) is 0 Å². The molecule has 1 saturated heterocycles. The summed E-state index contributed by atoms with van der Waals surface area (Å²) in [5.74, 6) is -0.186. The molecule has 1 heterocycles. The van der Waals surface area contributed by atoms with E-state index in [9.17, 15) is 4.79 Å². The third kappa shape index (κ3) is 4.19. The Kier molecular flexibility index (Phi) is 5.77. The number of thiocarbonyl (C=S) groups is 1. The number of aryl methyl sites for hydroxylation is 2. The molecular weight excluding hydrogens is 296 g/mol. The first-order valence-electron chi connectivity index (χ1n) is 7.81. The summed E-state index contributed by atoms with van der Waals surface area (Å²) in [6.07, 6.45) is 1.83. The minimum absolute atomic E-state index is 0.0757. The summed E-state index contributed by atoms with van der Waals surface area (Å²) < 4.78 is 5.13. The van der Waals surface area contributed by atoms with Crippen molar-refractivity contribution < 1.29 is 9.53 Å². The van der Waals surface area contributed by atoms with Crippen molar-refractivity contribution in [2.75, 3.05) is 25.0 Å². The van der Waals surface area contributed by atoms with Gasteiger partial charge in [0.05, 0.1) is 12.5 Å². The zero-order chi connectivity index (χ0) is 16.1. The Morgan fingerprint density at radius 2 is 2.18 bits per heavy atom. The van der Waals surface area contributed by atoms with Gasteiger partial charge >= 0.3 is 5.97 Å². The van der Waals surface area contributed by atoms with Crippen LogP contribution >= 0.6 is 12.2 Å². The quantitative estimate of drug-likeness (QED) is 0.684. The molecule has 2 rings (SSSR count). The Morgan fingerprint density at radius 3 is 2.86 bits per heavy atom. The number of piperidine rings is 1. The summed E-state index contributed by atoms with van der Waals surface area (Å²) in [4.78, 5) is 14.0. The van der Waals surface area contributed by atoms with Gasteiger partial charge in [-0.3, -0.25) is 4.79 Å². The minimum Gasteiger partial charge on any atom is -0.466 e. The summed E-state index contributed by atoms with van der Waals surface area (Å²) >= 11 is 5.50. The van der Waals surface area contributed by atoms with E-state index in [1.54, 1.807) is 0 Å². The van der Waals surface area contributed by atoms with E-state index in [4.69, 9.17) is 17.0 Å². The van der Waals surface area contributed by atoms with Crippen molar-refractivity contribution in [2.24, 2.45) is 5.92 Å². The summed E-state index contributed by atoms with van der Waals surface area (Å²) in [6.45, 7) is 7.96. The van der Waals surface area contributed by atoms with Gasteiger partial charge in [-0.25, -0.2) is 0 Å². The molecule has 0 amide bonds. The standard InChI is InChI=1S/C17H24N2O2S/c1-4-21-16(20)14-6-5-9-19(11-14)17(22)18-15-8-7-12(2)13(3)10-15/h7-8,10,14H,4-6,9,11H2,1-3H3,(H,18,22)/t14-/m1/s1. The van der Waals surface area contributed by atoms with Gasteiger partial charge in [0, 0.05) is 18.8 Å². The van der Waals surface area contributed by atoms with E-state index < -0.39 is 0 Å². The van der Waals surface area contributed by atoms with Crippen LogP contribution in [0.3, 0.4) is 0 Å². The van der Waals surface area contributed by atoms with Crippen LogP contribution in [-0.4, -0.2) is 35.7 Å². The maximum absolute atomic E-state index is 11.9. The van der Waals surface area contributed by atoms with E-state index in [1.807, 2.05) is 13.0 Å². The number of hydrogen-bond donors (Lipinski definition) is 1. The molecule has 5 heteroatoms. The van der Waals surface area contributed by atoms with Gasteiger partial charge < -0.3 is 15.0 Å². The molecular formula is C17H24N2O2S. The largest absolute Gasteiger partial charge is 0.466 e. The number of nitrogens with one attached hydrogen (secondary N) is 1. The molecule has 0 aromatic heterocycles. The summed E-state index contributed by atoms with van der Waals surface area (Å²) in [5, 5.41) is 3.95. The summed E-state index contributed by atoms with van der Waals surface area (Å²) in [5.41, 5.74) is 3.49. The Morgan fingerprint density at radius 1 is 1.41 bits per heavy atom. The first-order chi connectivity index (χ1) is 10.5. The number of benzene rings is 1. The predicted molar refractivity (Wildman–Crippen MR) is 93.1 cm³/mol. The van der Waals surface area contributed by atoms with Gasteiger partial charge in [-0.05, 0) is 69.1 Å². The maximum Gasteiger partial charge on any atom is 0.310 e. The molecule has 4 nitrogen and oxygen atoms in total. The maximum atomic E-state index is 11.9. The molecule has 1 fully saturated rings. The van der Waals surface area contributed by atoms with Gasteiger partial charge in [0.1, 0.15) is 0 Å². The molecule has 0 saturated carbocycles. The fraction of sp³-hybridized carbons (Fsp3) is 0.529. The van der Waals surface area contributed by atoms with Crippen molar-refractivity contribution in [1.82, 2.24) is 4.90 Å². The zero-order valence-corrected chi connectivity index (χ0v) is 14.3. The topological polar surface area (TPSA) is 41.6 Å². The van der Waals surface area contributed by atoms with Crippen LogP contribution in [0.5, 0.6) is 0 Å². The van der Waals surface area contributed by atoms with Gasteiger partial charge in [-0.2, -0.15) is 0 Å². The Labute approximate surface area is 137 Å². The zero-order valence-electron chi connectivity index (χ0n) is 13.5. The van der Waals surface area contributed by atoms with Gasteiger partial charge in [0.25, 0.3) is 0 Å². The number of ether oxygens (including phenoxy) is 1. The SMILES string of the molecule is CCOC(=O)[C@@H]1CCCN(C(=S)Nc2ccc(C)c(C)c2)C1. The van der Waals surface area contributed by atoms with Crippen LogP contribution in [0.2, 0.25) is 0 Å². The fourth-order valence-corrected chi connectivity index (χ4v) is 2.92. The number of nitrogens with zero attached hydrogens (tertiary/aromatic N) is 1. The number of esters is 1. The second kappa shape index (κ2) is 7.58. The highest BCUT2D eigenvalue weighted by molar-refractivity contribution is 7.80. The smallest absolute Gasteiger partial charge is 0.310 e. The molecule has 1 aromatic rings. The molecule has 22 heavy (non-hydrogen) atoms. The first-order valence-corrected chi connectivity index (χ1v) is 8.22. The average Bonchev–Trinajstić information content (AvgIpc) is 2.51. The van der Waals surface area contributed by atoms with Crippen molar-refractivity contribution >= 4 is 29.0 Å². The minimum atomic E-state index is -0.110. The van der Waals surface area contributed by atoms with E-state index in [1.165, 1.54) is 11.1 Å². The molecule has 0 aliphatic carbocycles. The normalized spacial score (nSPS) is 18.0. The second-order valence-corrected chi connectivity index (χ2v) is 6.15. The molecule has 0 radical (unpaired) electrons. The van der Waals surface area contributed by atoms with Crippen LogP contribution in [0.4, 0.5) is 5.69 Å². The van der Waals surface area contributed by atoms with Crippen LogP contribution in [0, 0.1) is 19.8 Å². The van der Waals surface area contributed by atoms with Gasteiger partial charge in [-0.15, -0.1) is 0 Å². The Bertz CT molecular complexity index is 560. The van der Waals surface area contributed by atoms with Crippen molar-refractivity contribution in [3.63, 3.8) is 0 Å². The lowest BCUT2D eigenvalue weighted by Crippen LogP contribution is -2.44. The molecule has 0 unspecified atom stereocenters. The third-order valence-corrected chi connectivity index (χ3v) is 4.45. The molecule has 1 atom stereocenters.